The van der Waals surface area contributed by atoms with Crippen molar-refractivity contribution < 1.29 is 10.2 Å². The van der Waals surface area contributed by atoms with Crippen molar-refractivity contribution in [1.82, 2.24) is 24.1 Å². The molecule has 3 heterocycles. The van der Waals surface area contributed by atoms with Gasteiger partial charge in [0.2, 0.25) is 11.8 Å². The van der Waals surface area contributed by atoms with Gasteiger partial charge < -0.3 is 10.2 Å². The number of H-pyrrole nitrogens is 2. The lowest BCUT2D eigenvalue weighted by atomic mass is 9.90. The van der Waals surface area contributed by atoms with Gasteiger partial charge in [0.05, 0.1) is 35.8 Å². The second kappa shape index (κ2) is 10.5. The van der Waals surface area contributed by atoms with E-state index >= 15 is 0 Å². The topological polar surface area (TPSA) is 163 Å². The Labute approximate surface area is 220 Å². The molecule has 0 saturated carbocycles. The fourth-order valence-corrected chi connectivity index (χ4v) is 4.48. The van der Waals surface area contributed by atoms with Gasteiger partial charge in [-0.3, -0.25) is 33.7 Å². The number of rotatable bonds is 7. The van der Waals surface area contributed by atoms with Crippen LogP contribution in [0.5, 0.6) is 11.8 Å². The van der Waals surface area contributed by atoms with E-state index in [0.29, 0.717) is 11.1 Å². The fourth-order valence-electron chi connectivity index (χ4n) is 4.48. The molecular formula is C28H23N5O6. The Kier molecular flexibility index (Phi) is 6.79. The zero-order chi connectivity index (χ0) is 27.5. The van der Waals surface area contributed by atoms with Crippen molar-refractivity contribution in [2.75, 3.05) is 0 Å². The van der Waals surface area contributed by atoms with E-state index in [-0.39, 0.29) is 18.8 Å². The first-order chi connectivity index (χ1) is 18.8. The molecule has 2 aromatic carbocycles. The molecule has 5 rings (SSSR count). The molecule has 11 nitrogen and oxygen atoms in total. The molecule has 0 aliphatic heterocycles. The number of aromatic hydroxyl groups is 2. The van der Waals surface area contributed by atoms with Crippen molar-refractivity contribution in [3.05, 3.63) is 155 Å². The molecule has 0 amide bonds. The molecule has 0 atom stereocenters. The third kappa shape index (κ3) is 4.92. The third-order valence-electron chi connectivity index (χ3n) is 6.34. The SMILES string of the molecule is O=c1[nH]c(=O)n(Cc2ccccc2)c(O)c1C(c1ccccn1)c1c(O)n(Cc2ccccc2)c(=O)[nH]c1=O. The van der Waals surface area contributed by atoms with E-state index in [2.05, 4.69) is 15.0 Å². The quantitative estimate of drug-likeness (QED) is 0.250. The van der Waals surface area contributed by atoms with Gasteiger partial charge in [-0.05, 0) is 23.3 Å². The Morgan fingerprint density at radius 1 is 0.641 bits per heavy atom. The largest absolute Gasteiger partial charge is 0.494 e. The highest BCUT2D eigenvalue weighted by atomic mass is 16.3. The van der Waals surface area contributed by atoms with E-state index in [0.717, 1.165) is 9.13 Å². The Morgan fingerprint density at radius 3 is 1.49 bits per heavy atom. The molecule has 39 heavy (non-hydrogen) atoms. The van der Waals surface area contributed by atoms with Gasteiger partial charge in [-0.25, -0.2) is 9.59 Å². The van der Waals surface area contributed by atoms with E-state index in [4.69, 9.17) is 0 Å². The molecule has 0 aliphatic rings. The molecule has 0 radical (unpaired) electrons. The minimum atomic E-state index is -1.44. The first-order valence-electron chi connectivity index (χ1n) is 12.0. The summed E-state index contributed by atoms with van der Waals surface area (Å²) in [6, 6.07) is 22.3. The normalized spacial score (nSPS) is 11.1. The Bertz CT molecular complexity index is 1740. The van der Waals surface area contributed by atoms with Crippen LogP contribution >= 0.6 is 0 Å². The molecular weight excluding hydrogens is 502 g/mol. The minimum absolute atomic E-state index is 0.0833. The molecule has 0 bridgehead atoms. The second-order valence-corrected chi connectivity index (χ2v) is 8.82. The Hall–Kier alpha value is -5.45. The van der Waals surface area contributed by atoms with Crippen molar-refractivity contribution in [2.24, 2.45) is 0 Å². The Balaban J connectivity index is 1.77. The zero-order valence-electron chi connectivity index (χ0n) is 20.4. The number of pyridine rings is 1. The number of aromatic nitrogens is 5. The van der Waals surface area contributed by atoms with Crippen LogP contribution in [0.4, 0.5) is 0 Å². The highest BCUT2D eigenvalue weighted by molar-refractivity contribution is 5.46. The highest BCUT2D eigenvalue weighted by Gasteiger charge is 2.33. The van der Waals surface area contributed by atoms with Crippen LogP contribution in [0.3, 0.4) is 0 Å². The minimum Gasteiger partial charge on any atom is -0.494 e. The van der Waals surface area contributed by atoms with E-state index in [1.807, 2.05) is 0 Å². The summed E-state index contributed by atoms with van der Waals surface area (Å²) in [4.78, 5) is 60.5. The number of aromatic amines is 2. The highest BCUT2D eigenvalue weighted by Crippen LogP contribution is 2.35. The van der Waals surface area contributed by atoms with Gasteiger partial charge >= 0.3 is 11.4 Å². The fraction of sp³-hybridized carbons (Fsp3) is 0.107. The molecule has 0 aliphatic carbocycles. The molecule has 11 heteroatoms. The number of benzene rings is 2. The van der Waals surface area contributed by atoms with Crippen LogP contribution in [0.1, 0.15) is 33.9 Å². The standard InChI is InChI=1S/C28H23N5O6/c34-23-21(25(36)32(27(38)30-23)15-17-9-3-1-4-10-17)20(19-13-7-8-14-29-19)22-24(35)31-28(39)33(26(22)37)16-18-11-5-2-6-12-18/h1-14,20,36-37H,15-16H2,(H,30,34,38)(H,31,35,39). The third-order valence-corrected chi connectivity index (χ3v) is 6.34. The molecule has 4 N–H and O–H groups in total. The molecule has 0 unspecified atom stereocenters. The summed E-state index contributed by atoms with van der Waals surface area (Å²) in [6.07, 6.45) is 1.42. The summed E-state index contributed by atoms with van der Waals surface area (Å²) in [5.41, 5.74) is -3.01. The van der Waals surface area contributed by atoms with Gasteiger partial charge in [0.25, 0.3) is 11.1 Å². The number of hydrogen-bond acceptors (Lipinski definition) is 7. The van der Waals surface area contributed by atoms with Crippen LogP contribution in [0.25, 0.3) is 0 Å². The number of hydrogen-bond donors (Lipinski definition) is 4. The lowest BCUT2D eigenvalue weighted by Crippen LogP contribution is -2.37. The van der Waals surface area contributed by atoms with Gasteiger partial charge in [0.1, 0.15) is 0 Å². The van der Waals surface area contributed by atoms with Crippen LogP contribution < -0.4 is 22.5 Å². The lowest BCUT2D eigenvalue weighted by molar-refractivity contribution is 0.390. The van der Waals surface area contributed by atoms with E-state index in [1.165, 1.54) is 12.3 Å². The summed E-state index contributed by atoms with van der Waals surface area (Å²) in [7, 11) is 0. The maximum Gasteiger partial charge on any atom is 0.331 e. The zero-order valence-corrected chi connectivity index (χ0v) is 20.4. The average molecular weight is 526 g/mol. The number of nitrogens with zero attached hydrogens (tertiary/aromatic N) is 3. The molecule has 0 spiro atoms. The van der Waals surface area contributed by atoms with Crippen LogP contribution in [0, 0.1) is 0 Å². The van der Waals surface area contributed by atoms with Gasteiger partial charge in [-0.2, -0.15) is 0 Å². The summed E-state index contributed by atoms with van der Waals surface area (Å²) in [6.45, 7) is -0.167. The van der Waals surface area contributed by atoms with E-state index in [1.54, 1.807) is 72.8 Å². The van der Waals surface area contributed by atoms with E-state index in [9.17, 15) is 29.4 Å². The summed E-state index contributed by atoms with van der Waals surface area (Å²) < 4.78 is 1.90. The van der Waals surface area contributed by atoms with Crippen molar-refractivity contribution in [3.8, 4) is 11.8 Å². The van der Waals surface area contributed by atoms with Crippen LogP contribution in [-0.4, -0.2) is 34.3 Å². The predicted molar refractivity (Wildman–Crippen MR) is 142 cm³/mol. The van der Waals surface area contributed by atoms with Gasteiger partial charge in [0.15, 0.2) is 0 Å². The second-order valence-electron chi connectivity index (χ2n) is 8.82. The molecule has 3 aromatic heterocycles. The van der Waals surface area contributed by atoms with Crippen molar-refractivity contribution in [3.63, 3.8) is 0 Å². The monoisotopic (exact) mass is 525 g/mol. The molecule has 196 valence electrons. The van der Waals surface area contributed by atoms with Crippen LogP contribution in [0.2, 0.25) is 0 Å². The van der Waals surface area contributed by atoms with Crippen molar-refractivity contribution >= 4 is 0 Å². The van der Waals surface area contributed by atoms with Crippen molar-refractivity contribution in [2.45, 2.75) is 19.0 Å². The predicted octanol–water partition coefficient (Wildman–Crippen LogP) is 1.47. The first kappa shape index (κ1) is 25.2. The van der Waals surface area contributed by atoms with Gasteiger partial charge in [-0.1, -0.05) is 66.7 Å². The smallest absolute Gasteiger partial charge is 0.331 e. The maximum atomic E-state index is 13.2. The molecule has 0 fully saturated rings. The van der Waals surface area contributed by atoms with E-state index < -0.39 is 51.3 Å². The first-order valence-corrected chi connectivity index (χ1v) is 12.0. The maximum absolute atomic E-state index is 13.2. The van der Waals surface area contributed by atoms with Gasteiger partial charge in [-0.15, -0.1) is 0 Å². The summed E-state index contributed by atoms with van der Waals surface area (Å²) in [5.74, 6) is -2.85. The van der Waals surface area contributed by atoms with Crippen molar-refractivity contribution in [1.29, 1.82) is 0 Å². The lowest BCUT2D eigenvalue weighted by Gasteiger charge is -2.21. The summed E-state index contributed by atoms with van der Waals surface area (Å²) >= 11 is 0. The summed E-state index contributed by atoms with van der Waals surface area (Å²) in [5, 5.41) is 22.6. The van der Waals surface area contributed by atoms with Crippen LogP contribution in [0.15, 0.2) is 104 Å². The number of nitrogens with one attached hydrogen (secondary N) is 2. The molecule has 5 aromatic rings. The van der Waals surface area contributed by atoms with Crippen LogP contribution in [-0.2, 0) is 13.1 Å². The Morgan fingerprint density at radius 2 is 1.08 bits per heavy atom. The molecule has 0 saturated heterocycles. The van der Waals surface area contributed by atoms with Gasteiger partial charge in [0, 0.05) is 6.20 Å². The average Bonchev–Trinajstić information content (AvgIpc) is 2.94.